The largest absolute Gasteiger partial charge is 0.386 e. The van der Waals surface area contributed by atoms with Crippen LogP contribution in [0.3, 0.4) is 0 Å². The van der Waals surface area contributed by atoms with Gasteiger partial charge < -0.3 is 16.0 Å². The van der Waals surface area contributed by atoms with E-state index in [1.807, 2.05) is 0 Å². The number of nitrogens with two attached hydrogens (primary N) is 1. The summed E-state index contributed by atoms with van der Waals surface area (Å²) in [4.78, 5) is 2.43. The van der Waals surface area contributed by atoms with Gasteiger partial charge >= 0.3 is 0 Å². The lowest BCUT2D eigenvalue weighted by atomic mass is 10.1. The van der Waals surface area contributed by atoms with E-state index in [9.17, 15) is 0 Å². The molecule has 2 aromatic carbocycles. The minimum atomic E-state index is 0.448. The van der Waals surface area contributed by atoms with Crippen molar-refractivity contribution in [2.75, 3.05) is 18.0 Å². The van der Waals surface area contributed by atoms with Crippen molar-refractivity contribution in [2.24, 2.45) is 11.7 Å². The summed E-state index contributed by atoms with van der Waals surface area (Å²) in [7, 11) is 0. The summed E-state index contributed by atoms with van der Waals surface area (Å²) in [5, 5.41) is 3.21. The fourth-order valence-corrected chi connectivity index (χ4v) is 2.91. The molecule has 0 fully saturated rings. The average molecular weight is 293 g/mol. The molecule has 3 heteroatoms. The highest BCUT2D eigenvalue weighted by Crippen LogP contribution is 2.21. The third-order valence-electron chi connectivity index (χ3n) is 4.02. The number of anilines is 1. The molecule has 1 atom stereocenters. The molecule has 1 heterocycles. The highest BCUT2D eigenvalue weighted by atomic mass is 15.1. The van der Waals surface area contributed by atoms with Gasteiger partial charge in [0.2, 0.25) is 0 Å². The maximum Gasteiger partial charge on any atom is 0.0923 e. The van der Waals surface area contributed by atoms with E-state index in [2.05, 4.69) is 77.8 Å². The van der Waals surface area contributed by atoms with Crippen LogP contribution in [0.4, 0.5) is 5.69 Å². The van der Waals surface area contributed by atoms with E-state index in [-0.39, 0.29) is 0 Å². The number of aryl methyl sites for hydroxylation is 1. The maximum absolute atomic E-state index is 5.85. The first-order valence-electron chi connectivity index (χ1n) is 7.77. The SMILES string of the molecule is Cc1cccc(N(Cc2ccccc2)C[C@H]2C=C(N)NC2)c1. The second kappa shape index (κ2) is 6.56. The highest BCUT2D eigenvalue weighted by molar-refractivity contribution is 5.49. The standard InChI is InChI=1S/C19H23N3/c1-15-6-5-9-18(10-15)22(13-16-7-3-2-4-8-16)14-17-11-19(20)21-12-17/h2-11,17,21H,12-14,20H2,1H3/t17-/m0/s1. The zero-order chi connectivity index (χ0) is 15.4. The van der Waals surface area contributed by atoms with Gasteiger partial charge in [0.15, 0.2) is 0 Å². The van der Waals surface area contributed by atoms with Gasteiger partial charge in [-0.3, -0.25) is 0 Å². The Balaban J connectivity index is 1.81. The molecule has 0 saturated heterocycles. The fraction of sp³-hybridized carbons (Fsp3) is 0.263. The zero-order valence-electron chi connectivity index (χ0n) is 13.0. The molecule has 3 N–H and O–H groups in total. The van der Waals surface area contributed by atoms with Crippen molar-refractivity contribution in [2.45, 2.75) is 13.5 Å². The van der Waals surface area contributed by atoms with Crippen molar-refractivity contribution in [1.82, 2.24) is 5.32 Å². The average Bonchev–Trinajstić information content (AvgIpc) is 2.93. The van der Waals surface area contributed by atoms with Crippen molar-refractivity contribution < 1.29 is 0 Å². The summed E-state index contributed by atoms with van der Waals surface area (Å²) in [5.74, 6) is 1.25. The van der Waals surface area contributed by atoms with Gasteiger partial charge in [-0.05, 0) is 36.3 Å². The van der Waals surface area contributed by atoms with Crippen molar-refractivity contribution in [3.63, 3.8) is 0 Å². The number of nitrogens with zero attached hydrogens (tertiary/aromatic N) is 1. The van der Waals surface area contributed by atoms with Crippen LogP contribution in [0.1, 0.15) is 11.1 Å². The van der Waals surface area contributed by atoms with Crippen LogP contribution in [0.15, 0.2) is 66.5 Å². The summed E-state index contributed by atoms with van der Waals surface area (Å²) in [5.41, 5.74) is 9.73. The third kappa shape index (κ3) is 3.61. The van der Waals surface area contributed by atoms with Gasteiger partial charge in [0.25, 0.3) is 0 Å². The van der Waals surface area contributed by atoms with E-state index in [1.54, 1.807) is 0 Å². The van der Waals surface area contributed by atoms with E-state index in [1.165, 1.54) is 16.8 Å². The molecular formula is C19H23N3. The van der Waals surface area contributed by atoms with Crippen LogP contribution < -0.4 is 16.0 Å². The maximum atomic E-state index is 5.85. The van der Waals surface area contributed by atoms with E-state index >= 15 is 0 Å². The lowest BCUT2D eigenvalue weighted by Crippen LogP contribution is -2.30. The number of hydrogen-bond donors (Lipinski definition) is 2. The van der Waals surface area contributed by atoms with Crippen molar-refractivity contribution in [1.29, 1.82) is 0 Å². The molecule has 1 aliphatic heterocycles. The monoisotopic (exact) mass is 293 g/mol. The lowest BCUT2D eigenvalue weighted by Gasteiger charge is -2.27. The molecule has 2 aromatic rings. The Morgan fingerprint density at radius 2 is 1.95 bits per heavy atom. The van der Waals surface area contributed by atoms with Gasteiger partial charge in [-0.15, -0.1) is 0 Å². The molecule has 0 aromatic heterocycles. The summed E-state index contributed by atoms with van der Waals surface area (Å²) < 4.78 is 0. The second-order valence-corrected chi connectivity index (χ2v) is 5.97. The number of nitrogens with one attached hydrogen (secondary N) is 1. The molecule has 0 unspecified atom stereocenters. The van der Waals surface area contributed by atoms with Crippen molar-refractivity contribution in [3.8, 4) is 0 Å². The molecule has 0 saturated carbocycles. The highest BCUT2D eigenvalue weighted by Gasteiger charge is 2.18. The van der Waals surface area contributed by atoms with Crippen LogP contribution in [-0.2, 0) is 6.54 Å². The Labute approximate surface area is 132 Å². The van der Waals surface area contributed by atoms with Crippen LogP contribution in [0.5, 0.6) is 0 Å². The third-order valence-corrected chi connectivity index (χ3v) is 4.02. The summed E-state index contributed by atoms with van der Waals surface area (Å²) in [6, 6.07) is 19.3. The van der Waals surface area contributed by atoms with Crippen LogP contribution in [0, 0.1) is 12.8 Å². The molecule has 114 valence electrons. The normalized spacial score (nSPS) is 17.0. The molecular weight excluding hydrogens is 270 g/mol. The minimum absolute atomic E-state index is 0.448. The van der Waals surface area contributed by atoms with Gasteiger partial charge in [0, 0.05) is 31.2 Å². The molecule has 3 nitrogen and oxygen atoms in total. The van der Waals surface area contributed by atoms with Crippen LogP contribution >= 0.6 is 0 Å². The Bertz CT molecular complexity index is 649. The molecule has 0 amide bonds. The molecule has 0 radical (unpaired) electrons. The van der Waals surface area contributed by atoms with E-state index < -0.39 is 0 Å². The van der Waals surface area contributed by atoms with Gasteiger partial charge in [-0.25, -0.2) is 0 Å². The molecule has 0 spiro atoms. The predicted octanol–water partition coefficient (Wildman–Crippen LogP) is 3.02. The first kappa shape index (κ1) is 14.5. The molecule has 0 aliphatic carbocycles. The van der Waals surface area contributed by atoms with Crippen LogP contribution in [0.2, 0.25) is 0 Å². The van der Waals surface area contributed by atoms with Gasteiger partial charge in [-0.2, -0.15) is 0 Å². The second-order valence-electron chi connectivity index (χ2n) is 5.97. The van der Waals surface area contributed by atoms with Gasteiger partial charge in [-0.1, -0.05) is 42.5 Å². The minimum Gasteiger partial charge on any atom is -0.386 e. The zero-order valence-corrected chi connectivity index (χ0v) is 13.0. The molecule has 3 rings (SSSR count). The molecule has 0 bridgehead atoms. The molecule has 22 heavy (non-hydrogen) atoms. The summed E-state index contributed by atoms with van der Waals surface area (Å²) in [6.07, 6.45) is 2.13. The number of rotatable bonds is 5. The topological polar surface area (TPSA) is 41.3 Å². The van der Waals surface area contributed by atoms with Crippen LogP contribution in [0.25, 0.3) is 0 Å². The summed E-state index contributed by atoms with van der Waals surface area (Å²) >= 11 is 0. The number of hydrogen-bond acceptors (Lipinski definition) is 3. The van der Waals surface area contributed by atoms with Gasteiger partial charge in [0.1, 0.15) is 0 Å². The van der Waals surface area contributed by atoms with Crippen molar-refractivity contribution >= 4 is 5.69 Å². The van der Waals surface area contributed by atoms with E-state index in [4.69, 9.17) is 5.73 Å². The Morgan fingerprint density at radius 3 is 2.64 bits per heavy atom. The molecule has 1 aliphatic rings. The fourth-order valence-electron chi connectivity index (χ4n) is 2.91. The Hall–Kier alpha value is -2.42. The lowest BCUT2D eigenvalue weighted by molar-refractivity contribution is 0.615. The number of benzene rings is 2. The van der Waals surface area contributed by atoms with E-state index in [0.717, 1.165) is 25.5 Å². The van der Waals surface area contributed by atoms with E-state index in [0.29, 0.717) is 5.92 Å². The summed E-state index contributed by atoms with van der Waals surface area (Å²) in [6.45, 7) is 4.93. The first-order valence-corrected chi connectivity index (χ1v) is 7.77. The van der Waals surface area contributed by atoms with Crippen molar-refractivity contribution in [3.05, 3.63) is 77.6 Å². The smallest absolute Gasteiger partial charge is 0.0923 e. The first-order chi connectivity index (χ1) is 10.7. The Kier molecular flexibility index (Phi) is 4.33. The quantitative estimate of drug-likeness (QED) is 0.890. The Morgan fingerprint density at radius 1 is 1.14 bits per heavy atom. The predicted molar refractivity (Wildman–Crippen MR) is 92.4 cm³/mol. The van der Waals surface area contributed by atoms with Gasteiger partial charge in [0.05, 0.1) is 5.82 Å². The van der Waals surface area contributed by atoms with Crippen LogP contribution in [-0.4, -0.2) is 13.1 Å².